The van der Waals surface area contributed by atoms with Crippen LogP contribution in [0.25, 0.3) is 10.9 Å². The lowest BCUT2D eigenvalue weighted by Gasteiger charge is -2.34. The molecule has 1 saturated heterocycles. The number of aromatic nitrogens is 1. The minimum absolute atomic E-state index is 0.212. The summed E-state index contributed by atoms with van der Waals surface area (Å²) in [5.41, 5.74) is 2.42. The molecule has 0 radical (unpaired) electrons. The van der Waals surface area contributed by atoms with E-state index in [9.17, 15) is 4.79 Å². The Bertz CT molecular complexity index is 680. The van der Waals surface area contributed by atoms with Crippen molar-refractivity contribution in [3.8, 4) is 0 Å². The van der Waals surface area contributed by atoms with Crippen molar-refractivity contribution in [2.24, 2.45) is 0 Å². The van der Waals surface area contributed by atoms with E-state index in [1.807, 2.05) is 6.07 Å². The first-order valence-corrected chi connectivity index (χ1v) is 6.63. The minimum atomic E-state index is -0.526. The number of hydrogen-bond acceptors (Lipinski definition) is 3. The summed E-state index contributed by atoms with van der Waals surface area (Å²) < 4.78 is 13.2. The average Bonchev–Trinajstić information content (AvgIpc) is 2.88. The van der Waals surface area contributed by atoms with Crippen LogP contribution in [-0.4, -0.2) is 23.8 Å². The fourth-order valence-electron chi connectivity index (χ4n) is 3.21. The van der Waals surface area contributed by atoms with Gasteiger partial charge in [0, 0.05) is 18.2 Å². The van der Waals surface area contributed by atoms with Crippen LogP contribution in [0.4, 0.5) is 0 Å². The molecule has 2 aliphatic heterocycles. The van der Waals surface area contributed by atoms with Gasteiger partial charge in [0.1, 0.15) is 5.69 Å². The van der Waals surface area contributed by atoms with Crippen LogP contribution in [0.1, 0.15) is 28.9 Å². The standard InChI is InChI=1S/C15H15NO3/c1-10-2-3-12-11(8-10)9-13-14(17)19-15(16(12)13)4-6-18-7-5-15/h2-3,8-9H,4-7H2,1H3. The van der Waals surface area contributed by atoms with Crippen molar-refractivity contribution >= 4 is 16.9 Å². The van der Waals surface area contributed by atoms with Gasteiger partial charge in [-0.25, -0.2) is 4.79 Å². The smallest absolute Gasteiger partial charge is 0.357 e. The molecule has 4 rings (SSSR count). The Morgan fingerprint density at radius 2 is 2.00 bits per heavy atom. The van der Waals surface area contributed by atoms with Crippen LogP contribution in [0.3, 0.4) is 0 Å². The number of hydrogen-bond donors (Lipinski definition) is 0. The Kier molecular flexibility index (Phi) is 2.10. The third kappa shape index (κ3) is 1.40. The molecule has 0 aliphatic carbocycles. The van der Waals surface area contributed by atoms with Crippen LogP contribution in [-0.2, 0) is 15.2 Å². The van der Waals surface area contributed by atoms with Crippen molar-refractivity contribution < 1.29 is 14.3 Å². The maximum absolute atomic E-state index is 12.1. The molecule has 4 heteroatoms. The third-order valence-corrected chi connectivity index (χ3v) is 4.13. The zero-order chi connectivity index (χ0) is 13.0. The number of benzene rings is 1. The monoisotopic (exact) mass is 257 g/mol. The Morgan fingerprint density at radius 3 is 2.79 bits per heavy atom. The van der Waals surface area contributed by atoms with E-state index in [1.54, 1.807) is 0 Å². The second kappa shape index (κ2) is 3.61. The second-order valence-corrected chi connectivity index (χ2v) is 5.38. The molecule has 0 saturated carbocycles. The maximum Gasteiger partial charge on any atom is 0.357 e. The Balaban J connectivity index is 1.99. The van der Waals surface area contributed by atoms with Gasteiger partial charge in [0.2, 0.25) is 0 Å². The first kappa shape index (κ1) is 11.1. The van der Waals surface area contributed by atoms with Crippen molar-refractivity contribution in [3.05, 3.63) is 35.5 Å². The van der Waals surface area contributed by atoms with Gasteiger partial charge in [0.25, 0.3) is 0 Å². The molecule has 1 aromatic heterocycles. The molecule has 1 spiro atoms. The van der Waals surface area contributed by atoms with Gasteiger partial charge in [-0.2, -0.15) is 0 Å². The summed E-state index contributed by atoms with van der Waals surface area (Å²) in [5.74, 6) is -0.212. The molecule has 0 atom stereocenters. The van der Waals surface area contributed by atoms with E-state index < -0.39 is 5.72 Å². The summed E-state index contributed by atoms with van der Waals surface area (Å²) in [7, 11) is 0. The first-order chi connectivity index (χ1) is 9.20. The van der Waals surface area contributed by atoms with E-state index in [0.717, 1.165) is 23.7 Å². The molecule has 98 valence electrons. The molecule has 1 fully saturated rings. The second-order valence-electron chi connectivity index (χ2n) is 5.38. The molecule has 0 unspecified atom stereocenters. The number of nitrogens with zero attached hydrogens (tertiary/aromatic N) is 1. The van der Waals surface area contributed by atoms with Gasteiger partial charge in [-0.05, 0) is 25.1 Å². The van der Waals surface area contributed by atoms with E-state index in [0.29, 0.717) is 18.9 Å². The molecular weight excluding hydrogens is 242 g/mol. The van der Waals surface area contributed by atoms with E-state index in [-0.39, 0.29) is 5.97 Å². The summed E-state index contributed by atoms with van der Waals surface area (Å²) in [6, 6.07) is 8.20. The van der Waals surface area contributed by atoms with Crippen LogP contribution in [0.2, 0.25) is 0 Å². The summed E-state index contributed by atoms with van der Waals surface area (Å²) in [6.07, 6.45) is 1.45. The topological polar surface area (TPSA) is 40.5 Å². The Hall–Kier alpha value is -1.81. The highest BCUT2D eigenvalue weighted by atomic mass is 16.6. The van der Waals surface area contributed by atoms with Gasteiger partial charge < -0.3 is 9.47 Å². The lowest BCUT2D eigenvalue weighted by molar-refractivity contribution is -0.108. The first-order valence-electron chi connectivity index (χ1n) is 6.63. The SMILES string of the molecule is Cc1ccc2c(c1)cc1n2C2(CCOCC2)OC1=O. The summed E-state index contributed by atoms with van der Waals surface area (Å²) in [5, 5.41) is 1.11. The number of esters is 1. The van der Waals surface area contributed by atoms with Gasteiger partial charge in [-0.15, -0.1) is 0 Å². The van der Waals surface area contributed by atoms with Crippen molar-refractivity contribution in [1.29, 1.82) is 0 Å². The van der Waals surface area contributed by atoms with Crippen LogP contribution in [0, 0.1) is 6.92 Å². The molecular formula is C15H15NO3. The van der Waals surface area contributed by atoms with Crippen molar-refractivity contribution in [3.63, 3.8) is 0 Å². The predicted molar refractivity (Wildman–Crippen MR) is 70.1 cm³/mol. The van der Waals surface area contributed by atoms with Crippen molar-refractivity contribution in [2.75, 3.05) is 13.2 Å². The normalized spacial score (nSPS) is 20.8. The molecule has 0 bridgehead atoms. The van der Waals surface area contributed by atoms with Gasteiger partial charge in [-0.1, -0.05) is 11.6 Å². The number of ether oxygens (including phenoxy) is 2. The molecule has 19 heavy (non-hydrogen) atoms. The highest BCUT2D eigenvalue weighted by Crippen LogP contribution is 2.41. The van der Waals surface area contributed by atoms with E-state index >= 15 is 0 Å². The fraction of sp³-hybridized carbons (Fsp3) is 0.400. The maximum atomic E-state index is 12.1. The van der Waals surface area contributed by atoms with E-state index in [1.165, 1.54) is 5.56 Å². The lowest BCUT2D eigenvalue weighted by atomic mass is 10.0. The van der Waals surface area contributed by atoms with E-state index in [2.05, 4.69) is 29.7 Å². The molecule has 2 aliphatic rings. The molecule has 0 amide bonds. The average molecular weight is 257 g/mol. The van der Waals surface area contributed by atoms with Gasteiger partial charge in [0.05, 0.1) is 18.7 Å². The molecule has 0 N–H and O–H groups in total. The van der Waals surface area contributed by atoms with Crippen LogP contribution < -0.4 is 0 Å². The number of carbonyl (C=O) groups is 1. The van der Waals surface area contributed by atoms with Gasteiger partial charge >= 0.3 is 5.97 Å². The highest BCUT2D eigenvalue weighted by Gasteiger charge is 2.47. The summed E-state index contributed by atoms with van der Waals surface area (Å²) >= 11 is 0. The lowest BCUT2D eigenvalue weighted by Crippen LogP contribution is -2.38. The van der Waals surface area contributed by atoms with Crippen molar-refractivity contribution in [1.82, 2.24) is 4.57 Å². The minimum Gasteiger partial charge on any atom is -0.434 e. The van der Waals surface area contributed by atoms with Crippen LogP contribution >= 0.6 is 0 Å². The van der Waals surface area contributed by atoms with E-state index in [4.69, 9.17) is 9.47 Å². The van der Waals surface area contributed by atoms with Crippen LogP contribution in [0.5, 0.6) is 0 Å². The number of carbonyl (C=O) groups excluding carboxylic acids is 1. The zero-order valence-corrected chi connectivity index (χ0v) is 10.8. The summed E-state index contributed by atoms with van der Waals surface area (Å²) in [6.45, 7) is 3.33. The van der Waals surface area contributed by atoms with Gasteiger partial charge in [0.15, 0.2) is 5.72 Å². The predicted octanol–water partition coefficient (Wildman–Crippen LogP) is 2.58. The zero-order valence-electron chi connectivity index (χ0n) is 10.8. The molecule has 1 aromatic carbocycles. The molecule has 4 nitrogen and oxygen atoms in total. The summed E-state index contributed by atoms with van der Waals surface area (Å²) in [4.78, 5) is 12.1. The molecule has 3 heterocycles. The fourth-order valence-corrected chi connectivity index (χ4v) is 3.21. The number of rotatable bonds is 0. The van der Waals surface area contributed by atoms with Gasteiger partial charge in [-0.3, -0.25) is 4.57 Å². The number of aryl methyl sites for hydroxylation is 1. The Morgan fingerprint density at radius 1 is 1.21 bits per heavy atom. The number of fused-ring (bicyclic) bond motifs is 4. The third-order valence-electron chi connectivity index (χ3n) is 4.13. The van der Waals surface area contributed by atoms with Crippen molar-refractivity contribution in [2.45, 2.75) is 25.5 Å². The highest BCUT2D eigenvalue weighted by molar-refractivity contribution is 5.98. The Labute approximate surface area is 110 Å². The largest absolute Gasteiger partial charge is 0.434 e. The van der Waals surface area contributed by atoms with Crippen LogP contribution in [0.15, 0.2) is 24.3 Å². The molecule has 2 aromatic rings. The quantitative estimate of drug-likeness (QED) is 0.681.